The summed E-state index contributed by atoms with van der Waals surface area (Å²) < 4.78 is 74.5. The van der Waals surface area contributed by atoms with Crippen molar-refractivity contribution in [1.82, 2.24) is 0 Å². The normalized spacial score (nSPS) is 27.5. The molecule has 3 fully saturated rings. The summed E-state index contributed by atoms with van der Waals surface area (Å²) in [6, 6.07) is 60.1. The molecule has 66 heavy (non-hydrogen) atoms. The van der Waals surface area contributed by atoms with Crippen molar-refractivity contribution in [2.45, 2.75) is 101 Å². The lowest BCUT2D eigenvalue weighted by Crippen LogP contribution is -2.67. The average Bonchev–Trinajstić information content (AvgIpc) is 3.38. The molecule has 3 saturated heterocycles. The molecule has 0 N–H and O–H groups in total. The lowest BCUT2D eigenvalue weighted by Gasteiger charge is -2.51. The molecule has 3 aliphatic heterocycles. The van der Waals surface area contributed by atoms with Gasteiger partial charge >= 0.3 is 0 Å². The van der Waals surface area contributed by atoms with E-state index in [1.54, 1.807) is 7.11 Å². The van der Waals surface area contributed by atoms with Crippen molar-refractivity contribution >= 4 is 0 Å². The molecule has 0 radical (unpaired) electrons. The molecule has 0 aromatic heterocycles. The highest BCUT2D eigenvalue weighted by Crippen LogP contribution is 2.40. The number of fused-ring (bicyclic) bond motifs is 1. The van der Waals surface area contributed by atoms with Crippen LogP contribution in [0, 0.1) is 0 Å². The van der Waals surface area contributed by atoms with Gasteiger partial charge in [-0.2, -0.15) is 0 Å². The second-order valence-corrected chi connectivity index (χ2v) is 16.6. The van der Waals surface area contributed by atoms with Gasteiger partial charge in [0, 0.05) is 12.7 Å². The molecule has 344 valence electrons. The molecular formula is C55H58O11. The number of ether oxygens (including phenoxy) is 11. The number of methoxy groups -OCH3 is 1. The van der Waals surface area contributed by atoms with E-state index in [1.165, 1.54) is 0 Å². The second-order valence-electron chi connectivity index (χ2n) is 16.6. The molecule has 0 saturated carbocycles. The zero-order valence-corrected chi connectivity index (χ0v) is 37.1. The molecule has 11 atom stereocenters. The Morgan fingerprint density at radius 3 is 1.36 bits per heavy atom. The van der Waals surface area contributed by atoms with E-state index in [9.17, 15) is 0 Å². The highest BCUT2D eigenvalue weighted by Gasteiger charge is 2.56. The number of rotatable bonds is 20. The van der Waals surface area contributed by atoms with E-state index in [-0.39, 0.29) is 33.0 Å². The lowest BCUT2D eigenvalue weighted by atomic mass is 9.95. The zero-order chi connectivity index (χ0) is 44.8. The number of hydrogen-bond donors (Lipinski definition) is 0. The van der Waals surface area contributed by atoms with Crippen LogP contribution in [0.2, 0.25) is 0 Å². The van der Waals surface area contributed by atoms with E-state index < -0.39 is 67.7 Å². The number of benzene rings is 6. The lowest BCUT2D eigenvalue weighted by molar-refractivity contribution is -0.400. The topological polar surface area (TPSA) is 102 Å². The average molecular weight is 895 g/mol. The van der Waals surface area contributed by atoms with Crippen molar-refractivity contribution in [2.75, 3.05) is 20.3 Å². The third-order valence-electron chi connectivity index (χ3n) is 12.0. The molecule has 3 aliphatic rings. The molecule has 6 aromatic carbocycles. The Morgan fingerprint density at radius 2 is 0.864 bits per heavy atom. The minimum atomic E-state index is -1.06. The van der Waals surface area contributed by atoms with Crippen molar-refractivity contribution in [3.8, 4) is 0 Å². The first-order chi connectivity index (χ1) is 32.7. The van der Waals surface area contributed by atoms with Gasteiger partial charge in [0.2, 0.25) is 0 Å². The van der Waals surface area contributed by atoms with Gasteiger partial charge in [0.25, 0.3) is 0 Å². The summed E-state index contributed by atoms with van der Waals surface area (Å²) in [5.41, 5.74) is 5.87. The highest BCUT2D eigenvalue weighted by molar-refractivity contribution is 5.19. The molecule has 11 nitrogen and oxygen atoms in total. The molecular weight excluding hydrogens is 837 g/mol. The molecule has 0 amide bonds. The van der Waals surface area contributed by atoms with Gasteiger partial charge < -0.3 is 52.1 Å². The van der Waals surface area contributed by atoms with Crippen LogP contribution in [0.25, 0.3) is 0 Å². The first-order valence-electron chi connectivity index (χ1n) is 22.7. The summed E-state index contributed by atoms with van der Waals surface area (Å²) in [4.78, 5) is 0. The van der Waals surface area contributed by atoms with E-state index in [0.717, 1.165) is 33.4 Å². The van der Waals surface area contributed by atoms with Crippen molar-refractivity contribution in [3.05, 3.63) is 215 Å². The molecule has 3 heterocycles. The van der Waals surface area contributed by atoms with Crippen molar-refractivity contribution in [2.24, 2.45) is 0 Å². The van der Waals surface area contributed by atoms with E-state index in [0.29, 0.717) is 13.2 Å². The Hall–Kier alpha value is -5.12. The van der Waals surface area contributed by atoms with Crippen LogP contribution in [0.1, 0.15) is 39.7 Å². The molecule has 6 aromatic rings. The third-order valence-corrected chi connectivity index (χ3v) is 12.0. The van der Waals surface area contributed by atoms with E-state index >= 15 is 0 Å². The standard InChI is InChI=1S/C55H58O11/c1-56-54-52(50(60-35-42-26-14-5-15-27-42)48-46(63-54)38-62-53(65-48)44-30-18-7-19-31-44)66-55-51(61-36-43-28-16-6-17-29-43)49(59-34-41-24-12-4-13-25-41)47(58-33-40-22-10-3-11-23-40)45(64-55)37-57-32-39-20-8-2-9-21-39/h2-31,45-55H,32-38H2,1H3/t45-,46-,47-,48-,49+,50+,51-,52+,53?,54+,55+/m1/s1. The van der Waals surface area contributed by atoms with Crippen molar-refractivity contribution in [1.29, 1.82) is 0 Å². The second kappa shape index (κ2) is 23.6. The largest absolute Gasteiger partial charge is 0.374 e. The minimum absolute atomic E-state index is 0.164. The van der Waals surface area contributed by atoms with Gasteiger partial charge in [-0.25, -0.2) is 0 Å². The van der Waals surface area contributed by atoms with E-state index in [1.807, 2.05) is 182 Å². The minimum Gasteiger partial charge on any atom is -0.374 e. The van der Waals surface area contributed by atoms with Gasteiger partial charge in [-0.15, -0.1) is 0 Å². The van der Waals surface area contributed by atoms with Crippen molar-refractivity contribution in [3.63, 3.8) is 0 Å². The van der Waals surface area contributed by atoms with Crippen LogP contribution in [0.4, 0.5) is 0 Å². The van der Waals surface area contributed by atoms with Gasteiger partial charge in [0.05, 0.1) is 46.2 Å². The molecule has 9 rings (SSSR count). The summed E-state index contributed by atoms with van der Waals surface area (Å²) >= 11 is 0. The first kappa shape index (κ1) is 46.0. The Bertz CT molecular complexity index is 2280. The fourth-order valence-electron chi connectivity index (χ4n) is 8.63. The van der Waals surface area contributed by atoms with Crippen LogP contribution in [0.5, 0.6) is 0 Å². The Balaban J connectivity index is 1.08. The smallest absolute Gasteiger partial charge is 0.187 e. The van der Waals surface area contributed by atoms with Crippen LogP contribution >= 0.6 is 0 Å². The molecule has 1 unspecified atom stereocenters. The summed E-state index contributed by atoms with van der Waals surface area (Å²) in [6.07, 6.45) is -8.26. The predicted molar refractivity (Wildman–Crippen MR) is 245 cm³/mol. The Labute approximate surface area is 387 Å². The van der Waals surface area contributed by atoms with E-state index in [2.05, 4.69) is 0 Å². The van der Waals surface area contributed by atoms with Gasteiger partial charge in [0.15, 0.2) is 18.9 Å². The summed E-state index contributed by atoms with van der Waals surface area (Å²) in [5, 5.41) is 0. The monoisotopic (exact) mass is 894 g/mol. The maximum atomic E-state index is 7.28. The molecule has 0 spiro atoms. The Kier molecular flexibility index (Phi) is 16.4. The maximum absolute atomic E-state index is 7.28. The summed E-state index contributed by atoms with van der Waals surface area (Å²) in [6.45, 7) is 1.88. The van der Waals surface area contributed by atoms with Crippen LogP contribution < -0.4 is 0 Å². The van der Waals surface area contributed by atoms with Crippen LogP contribution in [0.3, 0.4) is 0 Å². The van der Waals surface area contributed by atoms with Gasteiger partial charge in [0.1, 0.15) is 48.8 Å². The quantitative estimate of drug-likeness (QED) is 0.0734. The predicted octanol–water partition coefficient (Wildman–Crippen LogP) is 9.14. The molecule has 11 heteroatoms. The fraction of sp³-hybridized carbons (Fsp3) is 0.345. The van der Waals surface area contributed by atoms with Crippen LogP contribution in [-0.2, 0) is 85.1 Å². The van der Waals surface area contributed by atoms with Gasteiger partial charge in [-0.3, -0.25) is 0 Å². The molecule has 0 aliphatic carbocycles. The number of hydrogen-bond acceptors (Lipinski definition) is 11. The Morgan fingerprint density at radius 1 is 0.424 bits per heavy atom. The third kappa shape index (κ3) is 12.1. The zero-order valence-electron chi connectivity index (χ0n) is 37.1. The maximum Gasteiger partial charge on any atom is 0.187 e. The summed E-state index contributed by atoms with van der Waals surface area (Å²) in [7, 11) is 1.59. The van der Waals surface area contributed by atoms with Gasteiger partial charge in [-0.05, 0) is 27.8 Å². The SMILES string of the molecule is CO[C@H]1O[C@@H]2COC(c3ccccc3)O[C@H]2[C@H](OCc2ccccc2)[C@@H]1O[C@@H]1O[C@H](COCc2ccccc2)[C@@H](OCc2ccccc2)[C@H](OCc2ccccc2)[C@H]1OCc1ccccc1. The highest BCUT2D eigenvalue weighted by atomic mass is 16.8. The molecule has 0 bridgehead atoms. The summed E-state index contributed by atoms with van der Waals surface area (Å²) in [5.74, 6) is 0. The van der Waals surface area contributed by atoms with Crippen LogP contribution in [0.15, 0.2) is 182 Å². The first-order valence-corrected chi connectivity index (χ1v) is 22.7. The van der Waals surface area contributed by atoms with Crippen molar-refractivity contribution < 1.29 is 52.1 Å². The van der Waals surface area contributed by atoms with Crippen LogP contribution in [-0.4, -0.2) is 81.7 Å². The fourth-order valence-corrected chi connectivity index (χ4v) is 8.63. The van der Waals surface area contributed by atoms with E-state index in [4.69, 9.17) is 52.1 Å². The van der Waals surface area contributed by atoms with Gasteiger partial charge in [-0.1, -0.05) is 182 Å².